The monoisotopic (exact) mass is 602 g/mol. The molecule has 2 N–H and O–H groups in total. The molecule has 0 bridgehead atoms. The van der Waals surface area contributed by atoms with Crippen LogP contribution in [0.3, 0.4) is 0 Å². The number of fused-ring (bicyclic) bond motifs is 3. The van der Waals surface area contributed by atoms with Crippen molar-refractivity contribution in [3.05, 3.63) is 35.2 Å². The molecule has 1 atom stereocenters. The molecule has 4 heterocycles. The summed E-state index contributed by atoms with van der Waals surface area (Å²) in [6.45, 7) is 2.27. The number of amides is 1. The van der Waals surface area contributed by atoms with Gasteiger partial charge in [0.2, 0.25) is 15.2 Å². The number of nitrogens with zero attached hydrogens (tertiary/aromatic N) is 7. The zero-order chi connectivity index (χ0) is 29.1. The quantitative estimate of drug-likeness (QED) is 0.323. The second-order valence-electron chi connectivity index (χ2n) is 10.3. The van der Waals surface area contributed by atoms with E-state index in [1.54, 1.807) is 11.0 Å². The highest BCUT2D eigenvalue weighted by molar-refractivity contribution is 7.89. The van der Waals surface area contributed by atoms with Gasteiger partial charge < -0.3 is 10.0 Å². The summed E-state index contributed by atoms with van der Waals surface area (Å²) in [7, 11) is -4.09. The molecule has 2 aliphatic rings. The summed E-state index contributed by atoms with van der Waals surface area (Å²) < 4.78 is 57.3. The maximum Gasteiger partial charge on any atom is 0.291 e. The van der Waals surface area contributed by atoms with Gasteiger partial charge in [-0.1, -0.05) is 17.4 Å². The second kappa shape index (κ2) is 10.0. The number of halogens is 2. The van der Waals surface area contributed by atoms with Gasteiger partial charge in [-0.25, -0.2) is 27.2 Å². The molecule has 0 spiro atoms. The number of rotatable bonds is 7. The average Bonchev–Trinajstić information content (AvgIpc) is 3.39. The Balaban J connectivity index is 1.49. The van der Waals surface area contributed by atoms with Crippen LogP contribution in [0.5, 0.6) is 0 Å². The minimum absolute atomic E-state index is 0.0838. The van der Waals surface area contributed by atoms with Gasteiger partial charge in [-0.05, 0) is 44.7 Å². The number of likely N-dealkylation sites (tertiary alicyclic amines) is 1. The van der Waals surface area contributed by atoms with Crippen LogP contribution in [0, 0.1) is 11.3 Å². The molecular weight excluding hydrogens is 578 g/mol. The van der Waals surface area contributed by atoms with E-state index in [4.69, 9.17) is 0 Å². The van der Waals surface area contributed by atoms with E-state index in [-0.39, 0.29) is 21.9 Å². The highest BCUT2D eigenvalue weighted by Crippen LogP contribution is 2.40. The molecule has 12 nitrogen and oxygen atoms in total. The van der Waals surface area contributed by atoms with E-state index in [1.165, 1.54) is 30.0 Å². The van der Waals surface area contributed by atoms with Crippen molar-refractivity contribution in [2.75, 3.05) is 13.1 Å². The maximum absolute atomic E-state index is 13.4. The Hall–Kier alpha value is -3.65. The fraction of sp³-hybridized carbons (Fsp3) is 0.440. The van der Waals surface area contributed by atoms with Crippen LogP contribution in [0.15, 0.2) is 29.4 Å². The lowest BCUT2D eigenvalue weighted by molar-refractivity contribution is -0.140. The molecule has 16 heteroatoms. The van der Waals surface area contributed by atoms with Gasteiger partial charge in [-0.2, -0.15) is 9.98 Å². The van der Waals surface area contributed by atoms with Gasteiger partial charge in [0, 0.05) is 29.8 Å². The van der Waals surface area contributed by atoms with Crippen molar-refractivity contribution < 1.29 is 27.1 Å². The first-order valence-corrected chi connectivity index (χ1v) is 15.2. The highest BCUT2D eigenvalue weighted by Gasteiger charge is 2.47. The van der Waals surface area contributed by atoms with E-state index in [9.17, 15) is 32.4 Å². The third-order valence-corrected chi connectivity index (χ3v) is 9.96. The van der Waals surface area contributed by atoms with Crippen LogP contribution < -0.4 is 4.72 Å². The summed E-state index contributed by atoms with van der Waals surface area (Å²) in [6, 6.07) is 6.45. The molecule has 0 unspecified atom stereocenters. The number of carbonyl (C=O) groups is 1. The Kier molecular flexibility index (Phi) is 6.72. The van der Waals surface area contributed by atoms with Gasteiger partial charge in [-0.15, -0.1) is 10.2 Å². The average molecular weight is 603 g/mol. The van der Waals surface area contributed by atoms with E-state index in [0.717, 1.165) is 0 Å². The van der Waals surface area contributed by atoms with Crippen LogP contribution in [0.4, 0.5) is 8.78 Å². The fourth-order valence-electron chi connectivity index (χ4n) is 5.23. The fourth-order valence-corrected chi connectivity index (χ4v) is 7.34. The Morgan fingerprint density at radius 2 is 1.98 bits per heavy atom. The molecule has 1 aliphatic heterocycles. The van der Waals surface area contributed by atoms with Crippen molar-refractivity contribution in [2.45, 2.75) is 61.5 Å². The van der Waals surface area contributed by atoms with Crippen LogP contribution in [0.2, 0.25) is 0 Å². The molecule has 1 amide bonds. The van der Waals surface area contributed by atoms with Gasteiger partial charge in [0.25, 0.3) is 12.3 Å². The maximum atomic E-state index is 13.4. The SMILES string of the molecule is C[C@H](O)C(=O)N1CCC(c2ncnc3c2c2ccc(S(=O)(=O)NC4(C#N)CC4)cc2n3-c2nnc(C(F)F)s2)CC1. The van der Waals surface area contributed by atoms with Gasteiger partial charge in [0.1, 0.15) is 18.0 Å². The number of carbonyl (C=O) groups excluding carboxylic acids is 1. The molecule has 0 radical (unpaired) electrons. The van der Waals surface area contributed by atoms with Gasteiger partial charge in [0.05, 0.1) is 22.2 Å². The summed E-state index contributed by atoms with van der Waals surface area (Å²) >= 11 is 0.667. The molecule has 1 aliphatic carbocycles. The molecule has 1 aromatic carbocycles. The smallest absolute Gasteiger partial charge is 0.291 e. The van der Waals surface area contributed by atoms with Crippen molar-refractivity contribution in [1.82, 2.24) is 34.4 Å². The molecule has 6 rings (SSSR count). The third-order valence-electron chi connectivity index (χ3n) is 7.51. The number of hydrogen-bond acceptors (Lipinski definition) is 10. The van der Waals surface area contributed by atoms with E-state index < -0.39 is 33.1 Å². The summed E-state index contributed by atoms with van der Waals surface area (Å²) in [6.07, 6.45) is -0.618. The lowest BCUT2D eigenvalue weighted by Crippen LogP contribution is -2.42. The van der Waals surface area contributed by atoms with Crippen LogP contribution in [-0.2, 0) is 14.8 Å². The third kappa shape index (κ3) is 4.82. The van der Waals surface area contributed by atoms with Crippen molar-refractivity contribution >= 4 is 49.2 Å². The molecule has 1 saturated heterocycles. The van der Waals surface area contributed by atoms with Crippen LogP contribution >= 0.6 is 11.3 Å². The predicted octanol–water partition coefficient (Wildman–Crippen LogP) is 2.78. The first-order chi connectivity index (χ1) is 19.5. The predicted molar refractivity (Wildman–Crippen MR) is 143 cm³/mol. The molecule has 1 saturated carbocycles. The molecule has 41 heavy (non-hydrogen) atoms. The number of nitrogens with one attached hydrogen (secondary N) is 1. The van der Waals surface area contributed by atoms with Crippen molar-refractivity contribution in [3.8, 4) is 11.2 Å². The lowest BCUT2D eigenvalue weighted by Gasteiger charge is -2.32. The minimum atomic E-state index is -4.09. The first kappa shape index (κ1) is 27.5. The molecule has 2 fully saturated rings. The van der Waals surface area contributed by atoms with Crippen molar-refractivity contribution in [1.29, 1.82) is 5.26 Å². The Morgan fingerprint density at radius 1 is 1.24 bits per heavy atom. The van der Waals surface area contributed by atoms with Crippen LogP contribution in [0.1, 0.15) is 55.7 Å². The molecule has 214 valence electrons. The van der Waals surface area contributed by atoms with Crippen molar-refractivity contribution in [3.63, 3.8) is 0 Å². The summed E-state index contributed by atoms with van der Waals surface area (Å²) in [4.78, 5) is 22.8. The van der Waals surface area contributed by atoms with Crippen LogP contribution in [0.25, 0.3) is 27.1 Å². The number of hydrogen-bond donors (Lipinski definition) is 2. The van der Waals surface area contributed by atoms with E-state index in [0.29, 0.717) is 77.7 Å². The number of piperidine rings is 1. The zero-order valence-electron chi connectivity index (χ0n) is 21.7. The van der Waals surface area contributed by atoms with Crippen molar-refractivity contribution in [2.24, 2.45) is 0 Å². The van der Waals surface area contributed by atoms with Gasteiger partial charge in [-0.3, -0.25) is 9.36 Å². The molecular formula is C25H24F2N8O4S2. The first-order valence-electron chi connectivity index (χ1n) is 12.9. The summed E-state index contributed by atoms with van der Waals surface area (Å²) in [5, 5.41) is 27.4. The molecule has 4 aromatic rings. The number of aromatic nitrogens is 5. The summed E-state index contributed by atoms with van der Waals surface area (Å²) in [5.41, 5.74) is 0.249. The van der Waals surface area contributed by atoms with E-state index in [2.05, 4.69) is 24.9 Å². The Labute approximate surface area is 236 Å². The Bertz CT molecular complexity index is 1820. The molecule has 3 aromatic heterocycles. The highest BCUT2D eigenvalue weighted by atomic mass is 32.2. The number of nitriles is 1. The number of alkyl halides is 2. The standard InChI is InChI=1S/C25H24F2N8O4S2/c1-13(36)23(37)34-8-4-14(5-9-34)19-18-16-3-2-15(41(38,39)33-25(11-28)6-7-25)10-17(16)35(21(18)30-12-29-19)24-32-31-22(40-24)20(26)27/h2-3,10,12-14,20,33,36H,4-9H2,1H3/t13-/m0/s1. The number of aliphatic hydroxyl groups is 1. The topological polar surface area (TPSA) is 167 Å². The largest absolute Gasteiger partial charge is 0.384 e. The van der Waals surface area contributed by atoms with Crippen LogP contribution in [-0.4, -0.2) is 73.8 Å². The number of sulfonamides is 1. The number of aliphatic hydroxyl groups excluding tert-OH is 1. The zero-order valence-corrected chi connectivity index (χ0v) is 23.3. The lowest BCUT2D eigenvalue weighted by atomic mass is 9.91. The van der Waals surface area contributed by atoms with E-state index >= 15 is 0 Å². The summed E-state index contributed by atoms with van der Waals surface area (Å²) in [5.74, 6) is -0.426. The minimum Gasteiger partial charge on any atom is -0.384 e. The Morgan fingerprint density at radius 3 is 2.59 bits per heavy atom. The number of benzene rings is 1. The van der Waals surface area contributed by atoms with E-state index in [1.807, 2.05) is 6.07 Å². The van der Waals surface area contributed by atoms with Gasteiger partial charge in [0.15, 0.2) is 10.7 Å². The normalized spacial score (nSPS) is 18.2. The second-order valence-corrected chi connectivity index (χ2v) is 12.9. The van der Waals surface area contributed by atoms with Gasteiger partial charge >= 0.3 is 0 Å².